The summed E-state index contributed by atoms with van der Waals surface area (Å²) < 4.78 is 13.2. The largest absolute Gasteiger partial charge is 0.355 e. The average Bonchev–Trinajstić information content (AvgIpc) is 2.62. The van der Waals surface area contributed by atoms with Gasteiger partial charge in [-0.15, -0.1) is 24.0 Å². The van der Waals surface area contributed by atoms with Gasteiger partial charge in [0.25, 0.3) is 0 Å². The van der Waals surface area contributed by atoms with Crippen LogP contribution in [0, 0.1) is 5.82 Å². The molecule has 1 aromatic rings. The van der Waals surface area contributed by atoms with Crippen molar-refractivity contribution < 1.29 is 4.39 Å². The Morgan fingerprint density at radius 3 is 2.38 bits per heavy atom. The molecule has 0 spiro atoms. The van der Waals surface area contributed by atoms with Crippen LogP contribution in [0.25, 0.3) is 0 Å². The lowest BCUT2D eigenvalue weighted by atomic mass is 10.1. The van der Waals surface area contributed by atoms with Crippen molar-refractivity contribution in [3.05, 3.63) is 35.6 Å². The first-order valence-corrected chi connectivity index (χ1v) is 9.19. The maximum atomic E-state index is 13.2. The normalized spacial score (nSPS) is 16.9. The molecule has 1 heterocycles. The van der Waals surface area contributed by atoms with E-state index in [1.165, 1.54) is 44.5 Å². The fourth-order valence-electron chi connectivity index (χ4n) is 3.21. The van der Waals surface area contributed by atoms with Crippen LogP contribution in [0.5, 0.6) is 0 Å². The summed E-state index contributed by atoms with van der Waals surface area (Å²) in [5, 5.41) is 6.78. The highest BCUT2D eigenvalue weighted by molar-refractivity contribution is 14.0. The zero-order valence-corrected chi connectivity index (χ0v) is 18.5. The Kier molecular flexibility index (Phi) is 11.1. The summed E-state index contributed by atoms with van der Waals surface area (Å²) in [6, 6.07) is 6.86. The van der Waals surface area contributed by atoms with Gasteiger partial charge in [-0.25, -0.2) is 4.39 Å². The van der Waals surface area contributed by atoms with Gasteiger partial charge in [0.1, 0.15) is 5.82 Å². The van der Waals surface area contributed by atoms with E-state index in [1.54, 1.807) is 7.05 Å². The molecule has 1 fully saturated rings. The van der Waals surface area contributed by atoms with E-state index in [-0.39, 0.29) is 35.8 Å². The molecule has 1 saturated heterocycles. The monoisotopic (exact) mass is 477 g/mol. The van der Waals surface area contributed by atoms with Gasteiger partial charge in [-0.05, 0) is 57.7 Å². The van der Waals surface area contributed by atoms with Crippen LogP contribution in [0.4, 0.5) is 4.39 Å². The number of hydrogen-bond donors (Lipinski definition) is 2. The molecule has 1 aliphatic rings. The number of piperidine rings is 1. The van der Waals surface area contributed by atoms with Crippen molar-refractivity contribution in [3.63, 3.8) is 0 Å². The fourth-order valence-corrected chi connectivity index (χ4v) is 3.21. The summed E-state index contributed by atoms with van der Waals surface area (Å²) in [7, 11) is 5.85. The first-order chi connectivity index (χ1) is 12.1. The Morgan fingerprint density at radius 1 is 1.15 bits per heavy atom. The Morgan fingerprint density at radius 2 is 1.81 bits per heavy atom. The van der Waals surface area contributed by atoms with Crippen molar-refractivity contribution in [1.82, 2.24) is 20.4 Å². The van der Waals surface area contributed by atoms with Crippen LogP contribution in [-0.2, 0) is 0 Å². The standard InChI is InChI=1S/C19H32FN5.HI/c1-21-19(22-11-14-25-12-5-4-6-13-25)23-15-18(24(2)3)16-7-9-17(20)10-8-16;/h7-10,18H,4-6,11-15H2,1-3H3,(H2,21,22,23);1H. The van der Waals surface area contributed by atoms with Crippen LogP contribution in [-0.4, -0.2) is 69.6 Å². The molecule has 2 rings (SSSR count). The van der Waals surface area contributed by atoms with Crippen LogP contribution in [0.2, 0.25) is 0 Å². The minimum atomic E-state index is -0.204. The molecule has 0 amide bonds. The number of aliphatic imine (C=N–C) groups is 1. The van der Waals surface area contributed by atoms with Gasteiger partial charge >= 0.3 is 0 Å². The third-order valence-electron chi connectivity index (χ3n) is 4.73. The molecule has 0 bridgehead atoms. The number of hydrogen-bond acceptors (Lipinski definition) is 3. The van der Waals surface area contributed by atoms with E-state index >= 15 is 0 Å². The summed E-state index contributed by atoms with van der Waals surface area (Å²) in [5.41, 5.74) is 1.09. The fraction of sp³-hybridized carbons (Fsp3) is 0.632. The van der Waals surface area contributed by atoms with Gasteiger partial charge < -0.3 is 20.4 Å². The molecule has 2 N–H and O–H groups in total. The topological polar surface area (TPSA) is 42.9 Å². The van der Waals surface area contributed by atoms with Gasteiger partial charge in [0.15, 0.2) is 5.96 Å². The van der Waals surface area contributed by atoms with Crippen molar-refractivity contribution in [2.75, 3.05) is 53.9 Å². The van der Waals surface area contributed by atoms with Crippen LogP contribution >= 0.6 is 24.0 Å². The van der Waals surface area contributed by atoms with Crippen molar-refractivity contribution >= 4 is 29.9 Å². The number of likely N-dealkylation sites (N-methyl/N-ethyl adjacent to an activating group) is 1. The first kappa shape index (κ1) is 23.1. The Hall–Kier alpha value is -0.930. The maximum Gasteiger partial charge on any atom is 0.191 e. The maximum absolute atomic E-state index is 13.2. The highest BCUT2D eigenvalue weighted by Crippen LogP contribution is 2.17. The molecule has 148 valence electrons. The summed E-state index contributed by atoms with van der Waals surface area (Å²) in [6.07, 6.45) is 3.99. The van der Waals surface area contributed by atoms with E-state index in [1.807, 2.05) is 26.2 Å². The predicted molar refractivity (Wildman–Crippen MR) is 118 cm³/mol. The van der Waals surface area contributed by atoms with Crippen molar-refractivity contribution in [1.29, 1.82) is 0 Å². The van der Waals surface area contributed by atoms with Crippen LogP contribution in [0.1, 0.15) is 30.9 Å². The van der Waals surface area contributed by atoms with Gasteiger partial charge in [-0.1, -0.05) is 18.6 Å². The smallest absolute Gasteiger partial charge is 0.191 e. The lowest BCUT2D eigenvalue weighted by Gasteiger charge is -2.28. The van der Waals surface area contributed by atoms with Gasteiger partial charge in [-0.2, -0.15) is 0 Å². The predicted octanol–water partition coefficient (Wildman–Crippen LogP) is 2.70. The van der Waals surface area contributed by atoms with Gasteiger partial charge in [-0.3, -0.25) is 4.99 Å². The van der Waals surface area contributed by atoms with Crippen LogP contribution < -0.4 is 10.6 Å². The van der Waals surface area contributed by atoms with Crippen LogP contribution in [0.3, 0.4) is 0 Å². The second-order valence-corrected chi connectivity index (χ2v) is 6.81. The second-order valence-electron chi connectivity index (χ2n) is 6.81. The summed E-state index contributed by atoms with van der Waals surface area (Å²) in [4.78, 5) is 8.94. The van der Waals surface area contributed by atoms with E-state index in [0.29, 0.717) is 6.54 Å². The van der Waals surface area contributed by atoms with E-state index in [0.717, 1.165) is 24.6 Å². The van der Waals surface area contributed by atoms with E-state index in [9.17, 15) is 4.39 Å². The zero-order valence-electron chi connectivity index (χ0n) is 16.2. The molecule has 1 aliphatic heterocycles. The molecule has 7 heteroatoms. The summed E-state index contributed by atoms with van der Waals surface area (Å²) in [5.74, 6) is 0.607. The number of halogens is 2. The van der Waals surface area contributed by atoms with Gasteiger partial charge in [0, 0.05) is 26.7 Å². The van der Waals surface area contributed by atoms with Crippen molar-refractivity contribution in [2.45, 2.75) is 25.3 Å². The Balaban J connectivity index is 0.00000338. The third kappa shape index (κ3) is 7.75. The van der Waals surface area contributed by atoms with E-state index < -0.39 is 0 Å². The number of rotatable bonds is 7. The number of nitrogens with zero attached hydrogens (tertiary/aromatic N) is 3. The Bertz CT molecular complexity index is 529. The first-order valence-electron chi connectivity index (χ1n) is 9.19. The van der Waals surface area contributed by atoms with Gasteiger partial charge in [0.05, 0.1) is 6.04 Å². The molecule has 5 nitrogen and oxygen atoms in total. The number of guanidine groups is 1. The lowest BCUT2D eigenvalue weighted by molar-refractivity contribution is 0.232. The molecule has 1 unspecified atom stereocenters. The lowest BCUT2D eigenvalue weighted by Crippen LogP contribution is -2.44. The van der Waals surface area contributed by atoms with Crippen LogP contribution in [0.15, 0.2) is 29.3 Å². The second kappa shape index (κ2) is 12.5. The zero-order chi connectivity index (χ0) is 18.1. The molecular weight excluding hydrogens is 444 g/mol. The van der Waals surface area contributed by atoms with E-state index in [4.69, 9.17) is 0 Å². The molecule has 26 heavy (non-hydrogen) atoms. The third-order valence-corrected chi connectivity index (χ3v) is 4.73. The number of nitrogens with one attached hydrogen (secondary N) is 2. The quantitative estimate of drug-likeness (QED) is 0.360. The molecular formula is C19H33FIN5. The molecule has 0 aliphatic carbocycles. The molecule has 0 saturated carbocycles. The number of benzene rings is 1. The molecule has 1 atom stereocenters. The Labute approximate surface area is 174 Å². The van der Waals surface area contributed by atoms with Gasteiger partial charge in [0.2, 0.25) is 0 Å². The van der Waals surface area contributed by atoms with Crippen molar-refractivity contribution in [2.24, 2.45) is 4.99 Å². The van der Waals surface area contributed by atoms with Crippen molar-refractivity contribution in [3.8, 4) is 0 Å². The number of likely N-dealkylation sites (tertiary alicyclic amines) is 1. The minimum Gasteiger partial charge on any atom is -0.355 e. The van der Waals surface area contributed by atoms with E-state index in [2.05, 4.69) is 25.4 Å². The summed E-state index contributed by atoms with van der Waals surface area (Å²) >= 11 is 0. The highest BCUT2D eigenvalue weighted by atomic mass is 127. The summed E-state index contributed by atoms with van der Waals surface area (Å²) in [6.45, 7) is 5.07. The molecule has 0 radical (unpaired) electrons. The molecule has 0 aromatic heterocycles. The SMILES string of the molecule is CN=C(NCCN1CCCCC1)NCC(c1ccc(F)cc1)N(C)C.I. The highest BCUT2D eigenvalue weighted by Gasteiger charge is 2.15. The average molecular weight is 477 g/mol. The minimum absolute atomic E-state index is 0. The molecule has 1 aromatic carbocycles.